The first-order valence-electron chi connectivity index (χ1n) is 13.0. The van der Waals surface area contributed by atoms with Crippen LogP contribution in [0.3, 0.4) is 0 Å². The number of amides is 2. The normalized spacial score (nSPS) is 11.3. The van der Waals surface area contributed by atoms with Gasteiger partial charge in [0.2, 0.25) is 5.91 Å². The van der Waals surface area contributed by atoms with Gasteiger partial charge in [-0.1, -0.05) is 30.3 Å². The lowest BCUT2D eigenvalue weighted by atomic mass is 10.0. The molecule has 2 amide bonds. The molecule has 7 heteroatoms. The molecular formula is C31H41N3O4. The molecule has 38 heavy (non-hydrogen) atoms. The molecule has 3 aromatic rings. The summed E-state index contributed by atoms with van der Waals surface area (Å²) in [4.78, 5) is 30.8. The summed E-state index contributed by atoms with van der Waals surface area (Å²) in [6, 6.07) is 19.5. The van der Waals surface area contributed by atoms with Gasteiger partial charge in [0.1, 0.15) is 12.3 Å². The second-order valence-electron chi connectivity index (χ2n) is 10.5. The van der Waals surface area contributed by atoms with Crippen molar-refractivity contribution in [3.05, 3.63) is 89.2 Å². The average Bonchev–Trinajstić information content (AvgIpc) is 3.32. The first-order chi connectivity index (χ1) is 18.1. The third-order valence-corrected chi connectivity index (χ3v) is 6.61. The van der Waals surface area contributed by atoms with Crippen molar-refractivity contribution in [2.45, 2.75) is 52.7 Å². The predicted molar refractivity (Wildman–Crippen MR) is 150 cm³/mol. The van der Waals surface area contributed by atoms with Crippen LogP contribution in [0.15, 0.2) is 66.9 Å². The highest BCUT2D eigenvalue weighted by molar-refractivity contribution is 5.97. The minimum absolute atomic E-state index is 0.00471. The van der Waals surface area contributed by atoms with Gasteiger partial charge in [-0.3, -0.25) is 9.59 Å². The summed E-state index contributed by atoms with van der Waals surface area (Å²) in [5, 5.41) is 0. The van der Waals surface area contributed by atoms with Crippen molar-refractivity contribution in [3.8, 4) is 5.75 Å². The molecule has 3 rings (SSSR count). The van der Waals surface area contributed by atoms with Gasteiger partial charge in [-0.25, -0.2) is 0 Å². The number of carbonyl (C=O) groups is 2. The fraction of sp³-hybridized carbons (Fsp3) is 0.419. The van der Waals surface area contributed by atoms with Gasteiger partial charge >= 0.3 is 0 Å². The maximum Gasteiger partial charge on any atom is 0.254 e. The van der Waals surface area contributed by atoms with E-state index < -0.39 is 5.54 Å². The van der Waals surface area contributed by atoms with E-state index in [0.29, 0.717) is 38.2 Å². The van der Waals surface area contributed by atoms with Crippen molar-refractivity contribution < 1.29 is 19.1 Å². The van der Waals surface area contributed by atoms with E-state index in [4.69, 9.17) is 9.47 Å². The zero-order chi connectivity index (χ0) is 27.7. The van der Waals surface area contributed by atoms with Crippen molar-refractivity contribution in [1.29, 1.82) is 0 Å². The summed E-state index contributed by atoms with van der Waals surface area (Å²) in [6.45, 7) is 10.1. The van der Waals surface area contributed by atoms with Crippen molar-refractivity contribution in [3.63, 3.8) is 0 Å². The van der Waals surface area contributed by atoms with Crippen LogP contribution < -0.4 is 4.74 Å². The molecule has 0 unspecified atom stereocenters. The Morgan fingerprint density at radius 2 is 1.74 bits per heavy atom. The maximum atomic E-state index is 13.8. The van der Waals surface area contributed by atoms with Gasteiger partial charge in [0.25, 0.3) is 5.91 Å². The second-order valence-corrected chi connectivity index (χ2v) is 10.5. The van der Waals surface area contributed by atoms with Crippen LogP contribution >= 0.6 is 0 Å². The quantitative estimate of drug-likeness (QED) is 0.310. The molecule has 0 atom stereocenters. The van der Waals surface area contributed by atoms with E-state index in [1.165, 1.54) is 0 Å². The van der Waals surface area contributed by atoms with E-state index in [9.17, 15) is 9.59 Å². The van der Waals surface area contributed by atoms with Crippen LogP contribution in [-0.4, -0.2) is 65.6 Å². The second kappa shape index (κ2) is 13.3. The van der Waals surface area contributed by atoms with Gasteiger partial charge in [-0.2, -0.15) is 0 Å². The van der Waals surface area contributed by atoms with Crippen LogP contribution in [-0.2, 0) is 22.6 Å². The molecule has 204 valence electrons. The smallest absolute Gasteiger partial charge is 0.254 e. The molecule has 0 fully saturated rings. The molecule has 0 aliphatic rings. The molecule has 0 bridgehead atoms. The summed E-state index contributed by atoms with van der Waals surface area (Å²) in [7, 11) is 3.30. The number of carbonyl (C=O) groups excluding carboxylic acids is 2. The van der Waals surface area contributed by atoms with Crippen LogP contribution in [0.5, 0.6) is 5.75 Å². The summed E-state index contributed by atoms with van der Waals surface area (Å²) in [6.07, 6.45) is 2.68. The Kier molecular flexibility index (Phi) is 10.1. The molecule has 0 radical (unpaired) electrons. The summed E-state index contributed by atoms with van der Waals surface area (Å²) >= 11 is 0. The zero-order valence-corrected chi connectivity index (χ0v) is 23.6. The number of hydrogen-bond acceptors (Lipinski definition) is 4. The third-order valence-electron chi connectivity index (χ3n) is 6.61. The minimum atomic E-state index is -0.438. The van der Waals surface area contributed by atoms with E-state index in [1.807, 2.05) is 93.4 Å². The van der Waals surface area contributed by atoms with E-state index in [2.05, 4.69) is 10.6 Å². The molecule has 0 saturated carbocycles. The Bertz CT molecular complexity index is 1210. The van der Waals surface area contributed by atoms with Crippen LogP contribution in [0.4, 0.5) is 0 Å². The van der Waals surface area contributed by atoms with Crippen LogP contribution in [0.25, 0.3) is 0 Å². The highest BCUT2D eigenvalue weighted by atomic mass is 16.5. The van der Waals surface area contributed by atoms with E-state index in [1.54, 1.807) is 19.1 Å². The molecule has 1 heterocycles. The topological polar surface area (TPSA) is 64.0 Å². The highest BCUT2D eigenvalue weighted by Gasteiger charge is 2.30. The number of rotatable bonds is 12. The highest BCUT2D eigenvalue weighted by Crippen LogP contribution is 2.21. The van der Waals surface area contributed by atoms with E-state index in [0.717, 1.165) is 22.6 Å². The Morgan fingerprint density at radius 1 is 0.974 bits per heavy atom. The van der Waals surface area contributed by atoms with Crippen LogP contribution in [0.1, 0.15) is 54.4 Å². The monoisotopic (exact) mass is 519 g/mol. The summed E-state index contributed by atoms with van der Waals surface area (Å²) in [5.41, 5.74) is 3.21. The molecule has 1 aromatic heterocycles. The minimum Gasteiger partial charge on any atom is -0.497 e. The first-order valence-corrected chi connectivity index (χ1v) is 13.0. The lowest BCUT2D eigenvalue weighted by molar-refractivity contribution is -0.137. The number of nitrogens with zero attached hydrogens (tertiary/aromatic N) is 3. The molecule has 7 nitrogen and oxygen atoms in total. The van der Waals surface area contributed by atoms with Crippen molar-refractivity contribution >= 4 is 11.8 Å². The summed E-state index contributed by atoms with van der Waals surface area (Å²) < 4.78 is 12.7. The van der Waals surface area contributed by atoms with Gasteiger partial charge in [-0.05, 0) is 75.6 Å². The zero-order valence-electron chi connectivity index (χ0n) is 23.6. The predicted octanol–water partition coefficient (Wildman–Crippen LogP) is 5.16. The molecule has 0 spiro atoms. The number of aryl methyl sites for hydroxylation is 1. The SMILES string of the molecule is COCCCN(CC(=O)N(Cc1cccn1Cc1cccc(OC)c1)C(C)(C)C)C(=O)c1ccccc1C. The fourth-order valence-electron chi connectivity index (χ4n) is 4.46. The van der Waals surface area contributed by atoms with Crippen molar-refractivity contribution in [1.82, 2.24) is 14.4 Å². The van der Waals surface area contributed by atoms with Gasteiger partial charge in [0.05, 0.1) is 13.7 Å². The van der Waals surface area contributed by atoms with Crippen LogP contribution in [0, 0.1) is 6.92 Å². The van der Waals surface area contributed by atoms with Gasteiger partial charge in [-0.15, -0.1) is 0 Å². The largest absolute Gasteiger partial charge is 0.497 e. The molecule has 0 aliphatic heterocycles. The van der Waals surface area contributed by atoms with Gasteiger partial charge < -0.3 is 23.8 Å². The molecule has 2 aromatic carbocycles. The third kappa shape index (κ3) is 7.71. The lowest BCUT2D eigenvalue weighted by Crippen LogP contribution is -2.50. The number of methoxy groups -OCH3 is 2. The van der Waals surface area contributed by atoms with Crippen molar-refractivity contribution in [2.75, 3.05) is 33.9 Å². The Morgan fingerprint density at radius 3 is 2.42 bits per heavy atom. The number of hydrogen-bond donors (Lipinski definition) is 0. The maximum absolute atomic E-state index is 13.8. The molecular weight excluding hydrogens is 478 g/mol. The van der Waals surface area contributed by atoms with Gasteiger partial charge in [0, 0.05) is 49.8 Å². The van der Waals surface area contributed by atoms with Crippen LogP contribution in [0.2, 0.25) is 0 Å². The van der Waals surface area contributed by atoms with Crippen molar-refractivity contribution in [2.24, 2.45) is 0 Å². The Labute approximate surface area is 227 Å². The standard InChI is InChI=1S/C31H41N3O4/c1-24-12-7-8-16-28(24)30(36)33(18-11-19-37-5)23-29(35)34(31(2,3)4)22-26-14-10-17-32(26)21-25-13-9-15-27(20-25)38-6/h7-10,12-17,20H,11,18-19,21-23H2,1-6H3. The average molecular weight is 520 g/mol. The number of benzene rings is 2. The number of aromatic nitrogens is 1. The molecule has 0 saturated heterocycles. The Balaban J connectivity index is 1.82. The molecule has 0 aliphatic carbocycles. The summed E-state index contributed by atoms with van der Waals surface area (Å²) in [5.74, 6) is 0.586. The Hall–Kier alpha value is -3.58. The molecule has 0 N–H and O–H groups in total. The van der Waals surface area contributed by atoms with E-state index >= 15 is 0 Å². The lowest BCUT2D eigenvalue weighted by Gasteiger charge is -2.37. The van der Waals surface area contributed by atoms with Gasteiger partial charge in [0.15, 0.2) is 0 Å². The number of ether oxygens (including phenoxy) is 2. The first kappa shape index (κ1) is 29.0. The fourth-order valence-corrected chi connectivity index (χ4v) is 4.46. The van der Waals surface area contributed by atoms with E-state index in [-0.39, 0.29) is 18.4 Å².